The number of nitrogens with zero attached hydrogens (tertiary/aromatic N) is 1. The number of aromatic nitrogens is 1. The van der Waals surface area contributed by atoms with Crippen LogP contribution in [0.15, 0.2) is 35.5 Å². The van der Waals surface area contributed by atoms with Gasteiger partial charge in [-0.05, 0) is 49.6 Å². The first-order valence-electron chi connectivity index (χ1n) is 6.55. The molecule has 2 aromatic rings. The maximum atomic E-state index is 6.35. The summed E-state index contributed by atoms with van der Waals surface area (Å²) in [6, 6.07) is 8.17. The summed E-state index contributed by atoms with van der Waals surface area (Å²) in [5.41, 5.74) is 11.4. The van der Waals surface area contributed by atoms with Crippen LogP contribution in [0.4, 0.5) is 0 Å². The molecule has 2 N–H and O–H groups in total. The molecule has 2 nitrogen and oxygen atoms in total. The molecule has 20 heavy (non-hydrogen) atoms. The highest BCUT2D eigenvalue weighted by atomic mass is 35.5. The van der Waals surface area contributed by atoms with Crippen LogP contribution in [0.2, 0.25) is 5.02 Å². The van der Waals surface area contributed by atoms with Crippen LogP contribution >= 0.6 is 23.4 Å². The van der Waals surface area contributed by atoms with Gasteiger partial charge in [0, 0.05) is 18.0 Å². The lowest BCUT2D eigenvalue weighted by molar-refractivity contribution is 0.812. The SMILES string of the molecule is Cc1cc(C)c(C(N)CSc2ccc(Cl)cn2)c(C)c1. The number of halogens is 1. The summed E-state index contributed by atoms with van der Waals surface area (Å²) in [5.74, 6) is 0.805. The Balaban J connectivity index is 2.09. The molecule has 1 heterocycles. The van der Waals surface area contributed by atoms with Gasteiger partial charge in [-0.3, -0.25) is 0 Å². The van der Waals surface area contributed by atoms with E-state index in [4.69, 9.17) is 17.3 Å². The molecule has 0 aliphatic carbocycles. The Morgan fingerprint density at radius 1 is 1.20 bits per heavy atom. The summed E-state index contributed by atoms with van der Waals surface area (Å²) in [6.07, 6.45) is 1.66. The van der Waals surface area contributed by atoms with Crippen molar-refractivity contribution in [3.05, 3.63) is 57.7 Å². The average molecular weight is 307 g/mol. The molecule has 0 saturated carbocycles. The smallest absolute Gasteiger partial charge is 0.0961 e. The van der Waals surface area contributed by atoms with Gasteiger partial charge in [-0.15, -0.1) is 11.8 Å². The fraction of sp³-hybridized carbons (Fsp3) is 0.312. The molecule has 106 valence electrons. The standard InChI is InChI=1S/C16H19ClN2S/c1-10-6-11(2)16(12(3)7-10)14(18)9-20-15-5-4-13(17)8-19-15/h4-8,14H,9,18H2,1-3H3. The second kappa shape index (κ2) is 6.61. The topological polar surface area (TPSA) is 38.9 Å². The lowest BCUT2D eigenvalue weighted by Gasteiger charge is -2.18. The van der Waals surface area contributed by atoms with Gasteiger partial charge >= 0.3 is 0 Å². The molecule has 0 radical (unpaired) electrons. The molecule has 0 amide bonds. The number of hydrogen-bond acceptors (Lipinski definition) is 3. The molecular weight excluding hydrogens is 288 g/mol. The Morgan fingerprint density at radius 2 is 1.85 bits per heavy atom. The van der Waals surface area contributed by atoms with Gasteiger partial charge in [-0.1, -0.05) is 29.3 Å². The summed E-state index contributed by atoms with van der Waals surface area (Å²) >= 11 is 7.49. The van der Waals surface area contributed by atoms with Gasteiger partial charge in [0.05, 0.1) is 10.0 Å². The van der Waals surface area contributed by atoms with Crippen molar-refractivity contribution in [3.8, 4) is 0 Å². The minimum absolute atomic E-state index is 0.0121. The number of hydrogen-bond donors (Lipinski definition) is 1. The molecule has 4 heteroatoms. The van der Waals surface area contributed by atoms with Crippen molar-refractivity contribution in [1.82, 2.24) is 4.98 Å². The van der Waals surface area contributed by atoms with Crippen LogP contribution in [-0.2, 0) is 0 Å². The predicted octanol–water partition coefficient (Wildman–Crippen LogP) is 4.45. The van der Waals surface area contributed by atoms with Crippen LogP contribution < -0.4 is 5.73 Å². The van der Waals surface area contributed by atoms with Gasteiger partial charge in [0.25, 0.3) is 0 Å². The number of aryl methyl sites for hydroxylation is 3. The second-order valence-corrected chi connectivity index (χ2v) is 6.52. The highest BCUT2D eigenvalue weighted by Crippen LogP contribution is 2.27. The zero-order valence-electron chi connectivity index (χ0n) is 12.0. The Labute approximate surface area is 129 Å². The van der Waals surface area contributed by atoms with Crippen molar-refractivity contribution in [2.24, 2.45) is 5.73 Å². The largest absolute Gasteiger partial charge is 0.323 e. The third-order valence-electron chi connectivity index (χ3n) is 3.22. The quantitative estimate of drug-likeness (QED) is 0.848. The van der Waals surface area contributed by atoms with Gasteiger partial charge in [-0.25, -0.2) is 4.98 Å². The molecule has 1 unspecified atom stereocenters. The molecular formula is C16H19ClN2S. The molecule has 0 aliphatic rings. The first kappa shape index (κ1) is 15.4. The maximum Gasteiger partial charge on any atom is 0.0961 e. The number of rotatable bonds is 4. The second-order valence-electron chi connectivity index (χ2n) is 5.04. The summed E-state index contributed by atoms with van der Waals surface area (Å²) < 4.78 is 0. The summed E-state index contributed by atoms with van der Waals surface area (Å²) in [6.45, 7) is 6.36. The fourth-order valence-corrected chi connectivity index (χ4v) is 3.40. The molecule has 2 rings (SSSR count). The molecule has 0 aliphatic heterocycles. The van der Waals surface area contributed by atoms with E-state index in [1.165, 1.54) is 22.3 Å². The van der Waals surface area contributed by atoms with Crippen LogP contribution in [0.25, 0.3) is 0 Å². The van der Waals surface area contributed by atoms with E-state index in [0.717, 1.165) is 10.8 Å². The molecule has 0 saturated heterocycles. The normalized spacial score (nSPS) is 12.4. The minimum atomic E-state index is 0.0121. The lowest BCUT2D eigenvalue weighted by Crippen LogP contribution is -2.16. The lowest BCUT2D eigenvalue weighted by atomic mass is 9.95. The Morgan fingerprint density at radius 3 is 2.40 bits per heavy atom. The van der Waals surface area contributed by atoms with Crippen molar-refractivity contribution in [2.45, 2.75) is 31.8 Å². The van der Waals surface area contributed by atoms with Crippen molar-refractivity contribution in [3.63, 3.8) is 0 Å². The number of benzene rings is 1. The van der Waals surface area contributed by atoms with Crippen molar-refractivity contribution in [1.29, 1.82) is 0 Å². The maximum absolute atomic E-state index is 6.35. The molecule has 1 aromatic carbocycles. The summed E-state index contributed by atoms with van der Waals surface area (Å²) in [7, 11) is 0. The van der Waals surface area contributed by atoms with Crippen molar-refractivity contribution >= 4 is 23.4 Å². The summed E-state index contributed by atoms with van der Waals surface area (Å²) in [5, 5.41) is 1.61. The number of nitrogens with two attached hydrogens (primary N) is 1. The molecule has 0 fully saturated rings. The van der Waals surface area contributed by atoms with Gasteiger partial charge in [0.15, 0.2) is 0 Å². The Bertz CT molecular complexity index is 573. The zero-order valence-corrected chi connectivity index (χ0v) is 13.6. The first-order valence-corrected chi connectivity index (χ1v) is 7.91. The zero-order chi connectivity index (χ0) is 14.7. The van der Waals surface area contributed by atoms with E-state index in [-0.39, 0.29) is 6.04 Å². The average Bonchev–Trinajstić information content (AvgIpc) is 2.37. The van der Waals surface area contributed by atoms with Crippen LogP contribution in [0.1, 0.15) is 28.3 Å². The van der Waals surface area contributed by atoms with E-state index in [1.807, 2.05) is 12.1 Å². The first-order chi connectivity index (χ1) is 9.47. The third kappa shape index (κ3) is 3.75. The Kier molecular flexibility index (Phi) is 5.08. The van der Waals surface area contributed by atoms with Crippen molar-refractivity contribution in [2.75, 3.05) is 5.75 Å². The van der Waals surface area contributed by atoms with Gasteiger partial charge in [0.2, 0.25) is 0 Å². The predicted molar refractivity (Wildman–Crippen MR) is 87.6 cm³/mol. The fourth-order valence-electron chi connectivity index (χ4n) is 2.48. The number of thioether (sulfide) groups is 1. The van der Waals surface area contributed by atoms with E-state index in [9.17, 15) is 0 Å². The van der Waals surface area contributed by atoms with Crippen LogP contribution in [0.3, 0.4) is 0 Å². The molecule has 1 aromatic heterocycles. The van der Waals surface area contributed by atoms with Crippen molar-refractivity contribution < 1.29 is 0 Å². The minimum Gasteiger partial charge on any atom is -0.323 e. The van der Waals surface area contributed by atoms with E-state index < -0.39 is 0 Å². The van der Waals surface area contributed by atoms with E-state index in [1.54, 1.807) is 18.0 Å². The monoisotopic (exact) mass is 306 g/mol. The van der Waals surface area contributed by atoms with Crippen LogP contribution in [-0.4, -0.2) is 10.7 Å². The third-order valence-corrected chi connectivity index (χ3v) is 4.51. The summed E-state index contributed by atoms with van der Waals surface area (Å²) in [4.78, 5) is 4.28. The van der Waals surface area contributed by atoms with E-state index in [0.29, 0.717) is 5.02 Å². The molecule has 0 spiro atoms. The molecule has 1 atom stereocenters. The van der Waals surface area contributed by atoms with Gasteiger partial charge in [0.1, 0.15) is 0 Å². The highest BCUT2D eigenvalue weighted by Gasteiger charge is 2.13. The van der Waals surface area contributed by atoms with Gasteiger partial charge < -0.3 is 5.73 Å². The Hall–Kier alpha value is -1.03. The van der Waals surface area contributed by atoms with Gasteiger partial charge in [-0.2, -0.15) is 0 Å². The number of pyridine rings is 1. The van der Waals surface area contributed by atoms with E-state index in [2.05, 4.69) is 37.9 Å². The van der Waals surface area contributed by atoms with E-state index >= 15 is 0 Å². The highest BCUT2D eigenvalue weighted by molar-refractivity contribution is 7.99. The molecule has 0 bridgehead atoms. The van der Waals surface area contributed by atoms with Crippen LogP contribution in [0.5, 0.6) is 0 Å². The van der Waals surface area contributed by atoms with Crippen LogP contribution in [0, 0.1) is 20.8 Å².